The molecule has 0 heterocycles. The van der Waals surface area contributed by atoms with Crippen LogP contribution in [0.5, 0.6) is 0 Å². The fourth-order valence-corrected chi connectivity index (χ4v) is 3.11. The smallest absolute Gasteiger partial charge is 0.262 e. The Kier molecular flexibility index (Phi) is 4.46. The van der Waals surface area contributed by atoms with E-state index in [1.165, 1.54) is 30.3 Å². The Bertz CT molecular complexity index is 810. The van der Waals surface area contributed by atoms with Crippen LogP contribution >= 0.6 is 23.8 Å². The van der Waals surface area contributed by atoms with Gasteiger partial charge < -0.3 is 5.73 Å². The molecule has 2 aromatic carbocycles. The lowest BCUT2D eigenvalue weighted by molar-refractivity contribution is 0.595. The van der Waals surface area contributed by atoms with Crippen molar-refractivity contribution < 1.29 is 12.8 Å². The Morgan fingerprint density at radius 1 is 1.24 bits per heavy atom. The predicted octanol–water partition coefficient (Wildman–Crippen LogP) is 2.91. The molecule has 2 rings (SSSR count). The highest BCUT2D eigenvalue weighted by molar-refractivity contribution is 7.92. The van der Waals surface area contributed by atoms with Crippen LogP contribution in [0, 0.1) is 5.82 Å². The number of hydrogen-bond donors (Lipinski definition) is 2. The molecule has 0 aliphatic carbocycles. The van der Waals surface area contributed by atoms with E-state index in [9.17, 15) is 12.8 Å². The van der Waals surface area contributed by atoms with Gasteiger partial charge in [-0.15, -0.1) is 0 Å². The third-order valence-electron chi connectivity index (χ3n) is 2.60. The highest BCUT2D eigenvalue weighted by Crippen LogP contribution is 2.26. The van der Waals surface area contributed by atoms with Gasteiger partial charge in [0.25, 0.3) is 10.0 Å². The number of anilines is 1. The van der Waals surface area contributed by atoms with Gasteiger partial charge in [-0.3, -0.25) is 4.72 Å². The topological polar surface area (TPSA) is 72.2 Å². The van der Waals surface area contributed by atoms with E-state index in [1.807, 2.05) is 0 Å². The third-order valence-corrected chi connectivity index (χ3v) is 4.52. The maximum atomic E-state index is 13.1. The maximum absolute atomic E-state index is 13.1. The molecule has 0 fully saturated rings. The Labute approximate surface area is 131 Å². The van der Waals surface area contributed by atoms with Crippen molar-refractivity contribution in [2.45, 2.75) is 4.90 Å². The molecule has 0 unspecified atom stereocenters. The molecule has 3 N–H and O–H groups in total. The quantitative estimate of drug-likeness (QED) is 0.836. The molecule has 8 heteroatoms. The standard InChI is InChI=1S/C13H10ClFN2O2S2/c14-11-6-8(13(16)20)4-5-12(11)17-21(18,19)10-3-1-2-9(15)7-10/h1-7,17H,(H2,16,20). The molecule has 0 atom stereocenters. The zero-order valence-electron chi connectivity index (χ0n) is 10.5. The molecule has 0 saturated carbocycles. The van der Waals surface area contributed by atoms with Gasteiger partial charge in [0.15, 0.2) is 0 Å². The van der Waals surface area contributed by atoms with Gasteiger partial charge in [0.2, 0.25) is 0 Å². The van der Waals surface area contributed by atoms with Crippen LogP contribution in [0.1, 0.15) is 5.56 Å². The largest absolute Gasteiger partial charge is 0.389 e. The Morgan fingerprint density at radius 2 is 1.95 bits per heavy atom. The Hall–Kier alpha value is -1.70. The van der Waals surface area contributed by atoms with Crippen LogP contribution in [0.3, 0.4) is 0 Å². The van der Waals surface area contributed by atoms with Crippen molar-refractivity contribution in [3.63, 3.8) is 0 Å². The van der Waals surface area contributed by atoms with E-state index in [2.05, 4.69) is 4.72 Å². The van der Waals surface area contributed by atoms with Crippen molar-refractivity contribution in [1.82, 2.24) is 0 Å². The first-order chi connectivity index (χ1) is 9.79. The number of nitrogens with one attached hydrogen (secondary N) is 1. The minimum atomic E-state index is -3.93. The zero-order valence-corrected chi connectivity index (χ0v) is 12.9. The van der Waals surface area contributed by atoms with Crippen LogP contribution in [-0.4, -0.2) is 13.4 Å². The number of thiocarbonyl (C=S) groups is 1. The van der Waals surface area contributed by atoms with E-state index in [0.717, 1.165) is 12.1 Å². The molecule has 0 saturated heterocycles. The number of sulfonamides is 1. The molecular weight excluding hydrogens is 335 g/mol. The molecule has 0 aliphatic rings. The Balaban J connectivity index is 2.35. The van der Waals surface area contributed by atoms with Crippen LogP contribution in [0.25, 0.3) is 0 Å². The van der Waals surface area contributed by atoms with E-state index in [-0.39, 0.29) is 20.6 Å². The molecule has 0 aromatic heterocycles. The number of benzene rings is 2. The first-order valence-electron chi connectivity index (χ1n) is 5.67. The van der Waals surface area contributed by atoms with Gasteiger partial charge in [-0.25, -0.2) is 12.8 Å². The Morgan fingerprint density at radius 3 is 2.52 bits per heavy atom. The van der Waals surface area contributed by atoms with Crippen molar-refractivity contribution in [3.05, 3.63) is 58.9 Å². The van der Waals surface area contributed by atoms with Crippen molar-refractivity contribution in [2.24, 2.45) is 5.73 Å². The molecule has 0 aliphatic heterocycles. The summed E-state index contributed by atoms with van der Waals surface area (Å²) in [6.07, 6.45) is 0. The average molecular weight is 345 g/mol. The first kappa shape index (κ1) is 15.7. The molecule has 0 spiro atoms. The normalized spacial score (nSPS) is 11.1. The van der Waals surface area contributed by atoms with Crippen molar-refractivity contribution in [2.75, 3.05) is 4.72 Å². The van der Waals surface area contributed by atoms with E-state index in [4.69, 9.17) is 29.6 Å². The lowest BCUT2D eigenvalue weighted by atomic mass is 10.2. The van der Waals surface area contributed by atoms with Crippen LogP contribution in [0.2, 0.25) is 5.02 Å². The summed E-state index contributed by atoms with van der Waals surface area (Å²) < 4.78 is 39.7. The summed E-state index contributed by atoms with van der Waals surface area (Å²) in [5, 5.41) is 0.139. The predicted molar refractivity (Wildman–Crippen MR) is 84.5 cm³/mol. The minimum Gasteiger partial charge on any atom is -0.389 e. The molecule has 0 bridgehead atoms. The summed E-state index contributed by atoms with van der Waals surface area (Å²) in [5.41, 5.74) is 6.13. The average Bonchev–Trinajstić information content (AvgIpc) is 2.40. The summed E-state index contributed by atoms with van der Waals surface area (Å²) in [7, 11) is -3.93. The molecule has 2 aromatic rings. The summed E-state index contributed by atoms with van der Waals surface area (Å²) in [6, 6.07) is 9.09. The molecule has 21 heavy (non-hydrogen) atoms. The molecule has 0 radical (unpaired) electrons. The van der Waals surface area contributed by atoms with Crippen molar-refractivity contribution >= 4 is 44.5 Å². The fourth-order valence-electron chi connectivity index (χ4n) is 1.59. The van der Waals surface area contributed by atoms with Crippen LogP contribution < -0.4 is 10.5 Å². The van der Waals surface area contributed by atoms with Crippen LogP contribution in [-0.2, 0) is 10.0 Å². The number of nitrogens with two attached hydrogens (primary N) is 1. The molecule has 110 valence electrons. The van der Waals surface area contributed by atoms with E-state index < -0.39 is 15.8 Å². The summed E-state index contributed by atoms with van der Waals surface area (Å²) >= 11 is 10.8. The van der Waals surface area contributed by atoms with Gasteiger partial charge in [-0.1, -0.05) is 29.9 Å². The van der Waals surface area contributed by atoms with Gasteiger partial charge >= 0.3 is 0 Å². The molecule has 4 nitrogen and oxygen atoms in total. The van der Waals surface area contributed by atoms with Gasteiger partial charge in [0, 0.05) is 5.56 Å². The van der Waals surface area contributed by atoms with E-state index in [0.29, 0.717) is 5.56 Å². The van der Waals surface area contributed by atoms with Crippen molar-refractivity contribution in [1.29, 1.82) is 0 Å². The lowest BCUT2D eigenvalue weighted by Crippen LogP contribution is -2.14. The zero-order chi connectivity index (χ0) is 15.6. The summed E-state index contributed by atoms with van der Waals surface area (Å²) in [4.78, 5) is -0.0478. The second kappa shape index (κ2) is 5.97. The van der Waals surface area contributed by atoms with Gasteiger partial charge in [0.05, 0.1) is 15.6 Å². The highest BCUT2D eigenvalue weighted by atomic mass is 35.5. The second-order valence-corrected chi connectivity index (χ2v) is 6.65. The van der Waals surface area contributed by atoms with E-state index >= 15 is 0 Å². The number of rotatable bonds is 4. The van der Waals surface area contributed by atoms with Gasteiger partial charge in [-0.05, 0) is 36.4 Å². The third kappa shape index (κ3) is 3.69. The van der Waals surface area contributed by atoms with Crippen LogP contribution in [0.4, 0.5) is 10.1 Å². The summed E-state index contributed by atoms with van der Waals surface area (Å²) in [6.45, 7) is 0. The van der Waals surface area contributed by atoms with Gasteiger partial charge in [0.1, 0.15) is 10.8 Å². The van der Waals surface area contributed by atoms with Crippen LogP contribution in [0.15, 0.2) is 47.4 Å². The molecule has 0 amide bonds. The number of halogens is 2. The first-order valence-corrected chi connectivity index (χ1v) is 7.94. The monoisotopic (exact) mass is 344 g/mol. The van der Waals surface area contributed by atoms with Crippen molar-refractivity contribution in [3.8, 4) is 0 Å². The lowest BCUT2D eigenvalue weighted by Gasteiger charge is -2.10. The fraction of sp³-hybridized carbons (Fsp3) is 0. The molecular formula is C13H10ClFN2O2S2. The SMILES string of the molecule is NC(=S)c1ccc(NS(=O)(=O)c2cccc(F)c2)c(Cl)c1. The maximum Gasteiger partial charge on any atom is 0.262 e. The second-order valence-electron chi connectivity index (χ2n) is 4.12. The van der Waals surface area contributed by atoms with E-state index in [1.54, 1.807) is 0 Å². The van der Waals surface area contributed by atoms with Gasteiger partial charge in [-0.2, -0.15) is 0 Å². The highest BCUT2D eigenvalue weighted by Gasteiger charge is 2.16. The number of hydrogen-bond acceptors (Lipinski definition) is 3. The summed E-state index contributed by atoms with van der Waals surface area (Å²) in [5.74, 6) is -0.646. The minimum absolute atomic E-state index is 0.139.